The van der Waals surface area contributed by atoms with Crippen LogP contribution in [0.1, 0.15) is 61.9 Å². The summed E-state index contributed by atoms with van der Waals surface area (Å²) in [7, 11) is 0. The number of nitrogens with two attached hydrogens (primary N) is 1. The second-order valence-corrected chi connectivity index (χ2v) is 4.96. The number of carbonyl (C=O) groups excluding carboxylic acids is 1. The molecular formula is C12H21N5O. The lowest BCUT2D eigenvalue weighted by atomic mass is 9.93. The highest BCUT2D eigenvalue weighted by Crippen LogP contribution is 2.37. The molecule has 0 unspecified atom stereocenters. The summed E-state index contributed by atoms with van der Waals surface area (Å²) in [6.45, 7) is 4.46. The van der Waals surface area contributed by atoms with Crippen LogP contribution in [0.3, 0.4) is 0 Å². The SMILES string of the molecule is CCC(CC)(CN)NC(=O)c1n[nH]c(C2CC2)n1. The lowest BCUT2D eigenvalue weighted by molar-refractivity contribution is 0.0885. The Morgan fingerprint density at radius 2 is 2.17 bits per heavy atom. The van der Waals surface area contributed by atoms with Crippen molar-refractivity contribution in [2.45, 2.75) is 51.0 Å². The lowest BCUT2D eigenvalue weighted by Gasteiger charge is -2.30. The zero-order valence-electron chi connectivity index (χ0n) is 11.0. The fourth-order valence-corrected chi connectivity index (χ4v) is 1.98. The van der Waals surface area contributed by atoms with Gasteiger partial charge in [-0.25, -0.2) is 4.98 Å². The monoisotopic (exact) mass is 251 g/mol. The van der Waals surface area contributed by atoms with E-state index in [1.165, 1.54) is 0 Å². The van der Waals surface area contributed by atoms with Crippen molar-refractivity contribution in [2.24, 2.45) is 5.73 Å². The maximum Gasteiger partial charge on any atom is 0.291 e. The van der Waals surface area contributed by atoms with Crippen molar-refractivity contribution >= 4 is 5.91 Å². The highest BCUT2D eigenvalue weighted by Gasteiger charge is 2.31. The number of H-pyrrole nitrogens is 1. The molecule has 0 saturated heterocycles. The Bertz CT molecular complexity index is 412. The van der Waals surface area contributed by atoms with Gasteiger partial charge in [-0.15, -0.1) is 5.10 Å². The smallest absolute Gasteiger partial charge is 0.291 e. The number of nitrogens with one attached hydrogen (secondary N) is 2. The minimum Gasteiger partial charge on any atom is -0.343 e. The predicted molar refractivity (Wildman–Crippen MR) is 68.2 cm³/mol. The zero-order chi connectivity index (χ0) is 13.2. The van der Waals surface area contributed by atoms with Crippen molar-refractivity contribution in [3.63, 3.8) is 0 Å². The van der Waals surface area contributed by atoms with Crippen LogP contribution in [0.25, 0.3) is 0 Å². The summed E-state index contributed by atoms with van der Waals surface area (Å²) in [5.74, 6) is 1.27. The van der Waals surface area contributed by atoms with Gasteiger partial charge < -0.3 is 11.1 Å². The van der Waals surface area contributed by atoms with E-state index in [9.17, 15) is 4.79 Å². The largest absolute Gasteiger partial charge is 0.343 e. The van der Waals surface area contributed by atoms with Gasteiger partial charge in [0.05, 0.1) is 5.54 Å². The van der Waals surface area contributed by atoms with Gasteiger partial charge in [-0.1, -0.05) is 13.8 Å². The van der Waals surface area contributed by atoms with E-state index in [1.54, 1.807) is 0 Å². The van der Waals surface area contributed by atoms with Crippen LogP contribution in [0.4, 0.5) is 0 Å². The highest BCUT2D eigenvalue weighted by atomic mass is 16.2. The molecule has 1 fully saturated rings. The normalized spacial score (nSPS) is 15.7. The van der Waals surface area contributed by atoms with Gasteiger partial charge >= 0.3 is 0 Å². The summed E-state index contributed by atoms with van der Waals surface area (Å²) >= 11 is 0. The number of rotatable bonds is 6. The molecule has 6 nitrogen and oxygen atoms in total. The molecular weight excluding hydrogens is 230 g/mol. The maximum absolute atomic E-state index is 12.1. The Hall–Kier alpha value is -1.43. The molecule has 18 heavy (non-hydrogen) atoms. The van der Waals surface area contributed by atoms with Crippen LogP contribution < -0.4 is 11.1 Å². The van der Waals surface area contributed by atoms with Gasteiger partial charge in [-0.05, 0) is 25.7 Å². The number of aromatic amines is 1. The second-order valence-electron chi connectivity index (χ2n) is 4.96. The molecule has 0 atom stereocenters. The topological polar surface area (TPSA) is 96.7 Å². The van der Waals surface area contributed by atoms with Crippen LogP contribution >= 0.6 is 0 Å². The molecule has 4 N–H and O–H groups in total. The van der Waals surface area contributed by atoms with Crippen molar-refractivity contribution in [1.82, 2.24) is 20.5 Å². The number of aromatic nitrogens is 3. The van der Waals surface area contributed by atoms with Crippen LogP contribution in [0.5, 0.6) is 0 Å². The molecule has 0 aromatic carbocycles. The lowest BCUT2D eigenvalue weighted by Crippen LogP contribution is -2.53. The first-order valence-corrected chi connectivity index (χ1v) is 6.59. The summed E-state index contributed by atoms with van der Waals surface area (Å²) in [6, 6.07) is 0. The first-order chi connectivity index (χ1) is 8.64. The van der Waals surface area contributed by atoms with Gasteiger partial charge in [-0.3, -0.25) is 9.89 Å². The summed E-state index contributed by atoms with van der Waals surface area (Å²) in [6.07, 6.45) is 3.86. The molecule has 1 aliphatic rings. The number of nitrogens with zero attached hydrogens (tertiary/aromatic N) is 2. The fourth-order valence-electron chi connectivity index (χ4n) is 1.98. The number of amides is 1. The zero-order valence-corrected chi connectivity index (χ0v) is 11.0. The van der Waals surface area contributed by atoms with Gasteiger partial charge in [0.25, 0.3) is 5.91 Å². The summed E-state index contributed by atoms with van der Waals surface area (Å²) < 4.78 is 0. The Balaban J connectivity index is 2.05. The van der Waals surface area contributed by atoms with E-state index in [4.69, 9.17) is 5.73 Å². The van der Waals surface area contributed by atoms with Gasteiger partial charge in [0, 0.05) is 12.5 Å². The molecule has 1 aromatic heterocycles. The molecule has 0 bridgehead atoms. The van der Waals surface area contributed by atoms with E-state index in [2.05, 4.69) is 20.5 Å². The van der Waals surface area contributed by atoms with Crippen LogP contribution in [0, 0.1) is 0 Å². The number of hydrogen-bond donors (Lipinski definition) is 3. The molecule has 100 valence electrons. The minimum atomic E-state index is -0.350. The number of hydrogen-bond acceptors (Lipinski definition) is 4. The Morgan fingerprint density at radius 1 is 1.50 bits per heavy atom. The van der Waals surface area contributed by atoms with Crippen molar-refractivity contribution in [3.05, 3.63) is 11.6 Å². The molecule has 1 aliphatic carbocycles. The maximum atomic E-state index is 12.1. The van der Waals surface area contributed by atoms with Crippen LogP contribution in [0.15, 0.2) is 0 Å². The van der Waals surface area contributed by atoms with Gasteiger partial charge in [-0.2, -0.15) is 0 Å². The second kappa shape index (κ2) is 5.06. The standard InChI is InChI=1S/C12H21N5O/c1-3-12(4-2,7-13)15-11(18)10-14-9(16-17-10)8-5-6-8/h8H,3-7,13H2,1-2H3,(H,15,18)(H,14,16,17). The molecule has 1 aromatic rings. The van der Waals surface area contributed by atoms with Crippen molar-refractivity contribution < 1.29 is 4.79 Å². The molecule has 1 heterocycles. The van der Waals surface area contributed by atoms with E-state index >= 15 is 0 Å². The minimum absolute atomic E-state index is 0.219. The molecule has 2 rings (SSSR count). The van der Waals surface area contributed by atoms with E-state index in [-0.39, 0.29) is 17.3 Å². The van der Waals surface area contributed by atoms with Gasteiger partial charge in [0.1, 0.15) is 5.82 Å². The summed E-state index contributed by atoms with van der Waals surface area (Å²) in [5, 5.41) is 9.77. The van der Waals surface area contributed by atoms with Gasteiger partial charge in [0.15, 0.2) is 0 Å². The predicted octanol–water partition coefficient (Wildman–Crippen LogP) is 0.929. The molecule has 0 radical (unpaired) electrons. The molecule has 1 amide bonds. The molecule has 6 heteroatoms. The summed E-state index contributed by atoms with van der Waals surface area (Å²) in [4.78, 5) is 16.3. The molecule has 0 spiro atoms. The average molecular weight is 251 g/mol. The Morgan fingerprint density at radius 3 is 2.67 bits per heavy atom. The van der Waals surface area contributed by atoms with Crippen molar-refractivity contribution in [2.75, 3.05) is 6.54 Å². The van der Waals surface area contributed by atoms with Crippen LogP contribution in [-0.4, -0.2) is 33.2 Å². The Kier molecular flexibility index (Phi) is 3.65. The molecule has 0 aliphatic heterocycles. The van der Waals surface area contributed by atoms with Crippen molar-refractivity contribution in [3.8, 4) is 0 Å². The Labute approximate surface area is 107 Å². The van der Waals surface area contributed by atoms with Crippen LogP contribution in [-0.2, 0) is 0 Å². The van der Waals surface area contributed by atoms with E-state index in [1.807, 2.05) is 13.8 Å². The first-order valence-electron chi connectivity index (χ1n) is 6.59. The highest BCUT2D eigenvalue weighted by molar-refractivity contribution is 5.90. The fraction of sp³-hybridized carbons (Fsp3) is 0.750. The van der Waals surface area contributed by atoms with Crippen molar-refractivity contribution in [1.29, 1.82) is 0 Å². The summed E-state index contributed by atoms with van der Waals surface area (Å²) in [5.41, 5.74) is 5.41. The van der Waals surface area contributed by atoms with E-state index in [0.717, 1.165) is 31.5 Å². The quantitative estimate of drug-likeness (QED) is 0.700. The third-order valence-electron chi connectivity index (χ3n) is 3.79. The molecule has 1 saturated carbocycles. The van der Waals surface area contributed by atoms with Gasteiger partial charge in [0.2, 0.25) is 5.82 Å². The average Bonchev–Trinajstić information content (AvgIpc) is 3.13. The van der Waals surface area contributed by atoms with E-state index < -0.39 is 0 Å². The third-order valence-corrected chi connectivity index (χ3v) is 3.79. The van der Waals surface area contributed by atoms with E-state index in [0.29, 0.717) is 12.5 Å². The number of carbonyl (C=O) groups is 1. The first kappa shape index (κ1) is 13.0. The van der Waals surface area contributed by atoms with Crippen LogP contribution in [0.2, 0.25) is 0 Å². The third kappa shape index (κ3) is 2.53.